The number of nitrogens with two attached hydrogens (primary N) is 2. The molecule has 2 aromatic heterocycles. The number of benzene rings is 1. The summed E-state index contributed by atoms with van der Waals surface area (Å²) in [5.41, 5.74) is 14.2. The molecule has 7 nitrogen and oxygen atoms in total. The van der Waals surface area contributed by atoms with Gasteiger partial charge in [-0.2, -0.15) is 4.98 Å². The first-order chi connectivity index (χ1) is 13.5. The molecule has 0 aliphatic rings. The third-order valence-electron chi connectivity index (χ3n) is 4.12. The lowest BCUT2D eigenvalue weighted by Gasteiger charge is -2.14. The first-order valence-electron chi connectivity index (χ1n) is 8.84. The molecule has 0 fully saturated rings. The number of aromatic nitrogens is 3. The van der Waals surface area contributed by atoms with Gasteiger partial charge in [-0.15, -0.1) is 0 Å². The van der Waals surface area contributed by atoms with Crippen molar-refractivity contribution in [3.05, 3.63) is 59.5 Å². The van der Waals surface area contributed by atoms with Crippen LogP contribution in [0.25, 0.3) is 12.2 Å². The predicted octanol–water partition coefficient (Wildman–Crippen LogP) is 4.13. The van der Waals surface area contributed by atoms with Crippen molar-refractivity contribution in [2.75, 3.05) is 18.6 Å². The Hall–Kier alpha value is -3.61. The van der Waals surface area contributed by atoms with Crippen LogP contribution in [0.2, 0.25) is 0 Å². The SMILES string of the molecule is COc1ccc(/C=C/c2cc(Oc3cnc(N)nc3N)c(C(C)C)cn2)cc1. The van der Waals surface area contributed by atoms with Crippen LogP contribution in [0.15, 0.2) is 42.7 Å². The van der Waals surface area contributed by atoms with E-state index in [1.165, 1.54) is 6.20 Å². The van der Waals surface area contributed by atoms with Crippen LogP contribution in [0.1, 0.15) is 36.6 Å². The fourth-order valence-corrected chi connectivity index (χ4v) is 2.57. The highest BCUT2D eigenvalue weighted by Crippen LogP contribution is 2.33. The van der Waals surface area contributed by atoms with Gasteiger partial charge in [-0.05, 0) is 29.7 Å². The minimum atomic E-state index is 0.103. The highest BCUT2D eigenvalue weighted by Gasteiger charge is 2.13. The first-order valence-corrected chi connectivity index (χ1v) is 8.84. The summed E-state index contributed by atoms with van der Waals surface area (Å²) >= 11 is 0. The van der Waals surface area contributed by atoms with Crippen LogP contribution >= 0.6 is 0 Å². The van der Waals surface area contributed by atoms with Crippen molar-refractivity contribution in [1.29, 1.82) is 0 Å². The van der Waals surface area contributed by atoms with Crippen LogP contribution in [0.3, 0.4) is 0 Å². The van der Waals surface area contributed by atoms with Gasteiger partial charge in [-0.3, -0.25) is 4.98 Å². The van der Waals surface area contributed by atoms with E-state index in [0.29, 0.717) is 11.5 Å². The largest absolute Gasteiger partial charge is 0.497 e. The smallest absolute Gasteiger partial charge is 0.222 e. The number of anilines is 2. The number of pyridine rings is 1. The molecule has 1 aromatic carbocycles. The summed E-state index contributed by atoms with van der Waals surface area (Å²) < 4.78 is 11.2. The van der Waals surface area contributed by atoms with Crippen molar-refractivity contribution in [3.63, 3.8) is 0 Å². The van der Waals surface area contributed by atoms with Gasteiger partial charge in [-0.1, -0.05) is 32.1 Å². The molecular formula is C21H23N5O2. The van der Waals surface area contributed by atoms with Crippen LogP contribution in [0.5, 0.6) is 17.2 Å². The highest BCUT2D eigenvalue weighted by atomic mass is 16.5. The van der Waals surface area contributed by atoms with Gasteiger partial charge < -0.3 is 20.9 Å². The highest BCUT2D eigenvalue weighted by molar-refractivity contribution is 5.69. The van der Waals surface area contributed by atoms with Gasteiger partial charge in [-0.25, -0.2) is 4.98 Å². The van der Waals surface area contributed by atoms with E-state index in [1.54, 1.807) is 7.11 Å². The first kappa shape index (κ1) is 19.2. The molecule has 0 spiro atoms. The van der Waals surface area contributed by atoms with Gasteiger partial charge in [0.15, 0.2) is 11.6 Å². The maximum Gasteiger partial charge on any atom is 0.222 e. The molecular weight excluding hydrogens is 354 g/mol. The second-order valence-corrected chi connectivity index (χ2v) is 6.49. The summed E-state index contributed by atoms with van der Waals surface area (Å²) in [5.74, 6) is 2.33. The van der Waals surface area contributed by atoms with E-state index >= 15 is 0 Å². The van der Waals surface area contributed by atoms with Gasteiger partial charge in [0.25, 0.3) is 0 Å². The summed E-state index contributed by atoms with van der Waals surface area (Å²) in [6, 6.07) is 9.63. The van der Waals surface area contributed by atoms with Crippen molar-refractivity contribution in [2.45, 2.75) is 19.8 Å². The Morgan fingerprint density at radius 2 is 1.71 bits per heavy atom. The van der Waals surface area contributed by atoms with Crippen molar-refractivity contribution in [3.8, 4) is 17.2 Å². The molecule has 28 heavy (non-hydrogen) atoms. The van der Waals surface area contributed by atoms with E-state index in [4.69, 9.17) is 20.9 Å². The average Bonchev–Trinajstić information content (AvgIpc) is 2.69. The Morgan fingerprint density at radius 3 is 2.36 bits per heavy atom. The molecule has 0 aliphatic heterocycles. The fourth-order valence-electron chi connectivity index (χ4n) is 2.57. The fraction of sp³-hybridized carbons (Fsp3) is 0.190. The monoisotopic (exact) mass is 377 g/mol. The number of nitrogen functional groups attached to an aromatic ring is 2. The van der Waals surface area contributed by atoms with E-state index < -0.39 is 0 Å². The number of hydrogen-bond donors (Lipinski definition) is 2. The second kappa shape index (κ2) is 8.39. The molecule has 0 saturated carbocycles. The molecule has 0 saturated heterocycles. The van der Waals surface area contributed by atoms with Gasteiger partial charge in [0, 0.05) is 17.8 Å². The lowest BCUT2D eigenvalue weighted by atomic mass is 10.0. The minimum Gasteiger partial charge on any atom is -0.497 e. The Labute approximate surface area is 164 Å². The van der Waals surface area contributed by atoms with Crippen LogP contribution in [-0.4, -0.2) is 22.1 Å². The van der Waals surface area contributed by atoms with Crippen molar-refractivity contribution >= 4 is 23.9 Å². The molecule has 0 unspecified atom stereocenters. The average molecular weight is 377 g/mol. The lowest BCUT2D eigenvalue weighted by Crippen LogP contribution is -2.03. The standard InChI is InChI=1S/C21H23N5O2/c1-13(2)17-11-24-15(7-4-14-5-8-16(27-3)9-6-14)10-18(17)28-19-12-25-21(23)26-20(19)22/h4-13H,1-3H3,(H4,22,23,25,26)/b7-4+. The second-order valence-electron chi connectivity index (χ2n) is 6.49. The van der Waals surface area contributed by atoms with Crippen LogP contribution in [0.4, 0.5) is 11.8 Å². The van der Waals surface area contributed by atoms with Gasteiger partial charge >= 0.3 is 0 Å². The molecule has 7 heteroatoms. The summed E-state index contributed by atoms with van der Waals surface area (Å²) in [5, 5.41) is 0. The van der Waals surface area contributed by atoms with Crippen molar-refractivity contribution < 1.29 is 9.47 Å². The molecule has 0 aliphatic carbocycles. The zero-order valence-electron chi connectivity index (χ0n) is 16.1. The van der Waals surface area contributed by atoms with Crippen LogP contribution in [-0.2, 0) is 0 Å². The maximum absolute atomic E-state index is 5.98. The quantitative estimate of drug-likeness (QED) is 0.664. The molecule has 0 radical (unpaired) electrons. The Kier molecular flexibility index (Phi) is 5.74. The lowest BCUT2D eigenvalue weighted by molar-refractivity contribution is 0.415. The molecule has 3 rings (SSSR count). The third-order valence-corrected chi connectivity index (χ3v) is 4.12. The summed E-state index contributed by atoms with van der Waals surface area (Å²) in [6.07, 6.45) is 7.17. The summed E-state index contributed by atoms with van der Waals surface area (Å²) in [6.45, 7) is 4.14. The van der Waals surface area contributed by atoms with E-state index in [-0.39, 0.29) is 17.7 Å². The number of rotatable bonds is 6. The maximum atomic E-state index is 5.98. The van der Waals surface area contributed by atoms with Gasteiger partial charge in [0.05, 0.1) is 19.0 Å². The van der Waals surface area contributed by atoms with Gasteiger partial charge in [0.1, 0.15) is 11.5 Å². The van der Waals surface area contributed by atoms with E-state index in [9.17, 15) is 0 Å². The summed E-state index contributed by atoms with van der Waals surface area (Å²) in [7, 11) is 1.64. The molecule has 144 valence electrons. The Balaban J connectivity index is 1.89. The van der Waals surface area contributed by atoms with Crippen molar-refractivity contribution in [1.82, 2.24) is 15.0 Å². The molecule has 3 aromatic rings. The number of methoxy groups -OCH3 is 1. The van der Waals surface area contributed by atoms with E-state index in [1.807, 2.05) is 48.7 Å². The molecule has 2 heterocycles. The molecule has 0 atom stereocenters. The van der Waals surface area contributed by atoms with Crippen molar-refractivity contribution in [2.24, 2.45) is 0 Å². The number of nitrogens with zero attached hydrogens (tertiary/aromatic N) is 3. The minimum absolute atomic E-state index is 0.103. The van der Waals surface area contributed by atoms with E-state index in [2.05, 4.69) is 28.8 Å². The molecule has 0 amide bonds. The normalized spacial score (nSPS) is 11.1. The predicted molar refractivity (Wildman–Crippen MR) is 111 cm³/mol. The Bertz CT molecular complexity index is 985. The summed E-state index contributed by atoms with van der Waals surface area (Å²) in [4.78, 5) is 12.4. The zero-order valence-corrected chi connectivity index (χ0v) is 16.1. The van der Waals surface area contributed by atoms with Crippen LogP contribution < -0.4 is 20.9 Å². The topological polar surface area (TPSA) is 109 Å². The van der Waals surface area contributed by atoms with E-state index in [0.717, 1.165) is 22.6 Å². The molecule has 0 bridgehead atoms. The third kappa shape index (κ3) is 4.56. The Morgan fingerprint density at radius 1 is 0.964 bits per heavy atom. The van der Waals surface area contributed by atoms with Gasteiger partial charge in [0.2, 0.25) is 5.95 Å². The number of hydrogen-bond acceptors (Lipinski definition) is 7. The number of ether oxygens (including phenoxy) is 2. The molecule has 4 N–H and O–H groups in total. The zero-order chi connectivity index (χ0) is 20.1. The van der Waals surface area contributed by atoms with Crippen LogP contribution in [0, 0.1) is 0 Å².